The number of fused-ring (bicyclic) bond motifs is 11. The minimum atomic E-state index is 0.927. The lowest BCUT2D eigenvalue weighted by Crippen LogP contribution is -1.92. The molecule has 3 aromatic heterocycles. The number of furan rings is 1. The van der Waals surface area contributed by atoms with E-state index in [9.17, 15) is 0 Å². The third-order valence-electron chi connectivity index (χ3n) is 9.30. The van der Waals surface area contributed by atoms with Gasteiger partial charge in [-0.15, -0.1) is 0 Å². The predicted octanol–water partition coefficient (Wildman–Crippen LogP) is 13.5. The summed E-state index contributed by atoms with van der Waals surface area (Å²) < 4.78 is 11.8. The van der Waals surface area contributed by atoms with Gasteiger partial charge in [0.2, 0.25) is 0 Å². The molecule has 3 nitrogen and oxygen atoms in total. The van der Waals surface area contributed by atoms with Crippen molar-refractivity contribution in [2.75, 3.05) is 0 Å². The summed E-state index contributed by atoms with van der Waals surface area (Å²) in [6, 6.07) is 56.3. The molecule has 10 rings (SSSR count). The number of rotatable bonds is 3. The van der Waals surface area contributed by atoms with Crippen LogP contribution in [-0.2, 0) is 0 Å². The van der Waals surface area contributed by atoms with Crippen LogP contribution in [0, 0.1) is 0 Å². The third-order valence-corrected chi connectivity index (χ3v) is 9.30. The van der Waals surface area contributed by atoms with Gasteiger partial charge < -0.3 is 13.6 Å². The number of nitrogens with zero attached hydrogens (tertiary/aromatic N) is 2. The van der Waals surface area contributed by atoms with E-state index in [1.165, 1.54) is 27.4 Å². The molecule has 10 aromatic rings. The lowest BCUT2D eigenvalue weighted by molar-refractivity contribution is 0.677. The Labute approximate surface area is 286 Å². The van der Waals surface area contributed by atoms with Crippen LogP contribution in [0.25, 0.3) is 88.1 Å². The summed E-state index contributed by atoms with van der Waals surface area (Å²) in [5.41, 5.74) is 11.1. The average molecular weight is 635 g/mol. The van der Waals surface area contributed by atoms with Crippen molar-refractivity contribution in [2.24, 2.45) is 0 Å². The maximum atomic E-state index is 7.11. The van der Waals surface area contributed by atoms with E-state index >= 15 is 0 Å². The average Bonchev–Trinajstić information content (AvgIpc) is 3.84. The van der Waals surface area contributed by atoms with Gasteiger partial charge in [0, 0.05) is 32.9 Å². The molecule has 7 aromatic carbocycles. The molecule has 3 heterocycles. The van der Waals surface area contributed by atoms with Gasteiger partial charge in [0.25, 0.3) is 0 Å². The number of para-hydroxylation sites is 3. The first-order valence-electron chi connectivity index (χ1n) is 17.4. The molecule has 0 aliphatic carbocycles. The molecule has 0 amide bonds. The molecule has 3 heteroatoms. The van der Waals surface area contributed by atoms with E-state index in [2.05, 4.69) is 167 Å². The summed E-state index contributed by atoms with van der Waals surface area (Å²) in [5.74, 6) is 0. The first-order chi connectivity index (χ1) is 24.3. The fourth-order valence-electron chi connectivity index (χ4n) is 7.37. The summed E-state index contributed by atoms with van der Waals surface area (Å²) in [5, 5.41) is 6.93. The van der Waals surface area contributed by atoms with Gasteiger partial charge in [0.05, 0.1) is 32.8 Å². The van der Waals surface area contributed by atoms with Crippen LogP contribution in [-0.4, -0.2) is 9.13 Å². The van der Waals surface area contributed by atoms with Gasteiger partial charge in [-0.25, -0.2) is 0 Å². The van der Waals surface area contributed by atoms with Crippen LogP contribution in [0.15, 0.2) is 162 Å². The highest BCUT2D eigenvalue weighted by Crippen LogP contribution is 2.45. The first kappa shape index (κ1) is 30.3. The van der Waals surface area contributed by atoms with Crippen molar-refractivity contribution in [2.45, 2.75) is 27.7 Å². The highest BCUT2D eigenvalue weighted by Gasteiger charge is 2.22. The van der Waals surface area contributed by atoms with E-state index in [1.54, 1.807) is 0 Å². The van der Waals surface area contributed by atoms with Crippen LogP contribution in [0.1, 0.15) is 27.7 Å². The summed E-state index contributed by atoms with van der Waals surface area (Å²) in [6.45, 7) is 8.00. The van der Waals surface area contributed by atoms with E-state index in [-0.39, 0.29) is 0 Å². The lowest BCUT2D eigenvalue weighted by atomic mass is 10.0. The number of hydrogen-bond acceptors (Lipinski definition) is 1. The van der Waals surface area contributed by atoms with Crippen molar-refractivity contribution < 1.29 is 4.42 Å². The molecule has 0 N–H and O–H groups in total. The van der Waals surface area contributed by atoms with Crippen LogP contribution >= 0.6 is 0 Å². The first-order valence-corrected chi connectivity index (χ1v) is 17.4. The smallest absolute Gasteiger partial charge is 0.145 e. The van der Waals surface area contributed by atoms with Gasteiger partial charge in [-0.05, 0) is 77.9 Å². The topological polar surface area (TPSA) is 23.0 Å². The van der Waals surface area contributed by atoms with Gasteiger partial charge in [0.15, 0.2) is 0 Å². The Morgan fingerprint density at radius 3 is 1.37 bits per heavy atom. The molecule has 0 spiro atoms. The molecule has 49 heavy (non-hydrogen) atoms. The molecule has 0 bridgehead atoms. The van der Waals surface area contributed by atoms with E-state index in [4.69, 9.17) is 4.42 Å². The zero-order chi connectivity index (χ0) is 33.5. The summed E-state index contributed by atoms with van der Waals surface area (Å²) in [7, 11) is 0. The molecule has 0 saturated carbocycles. The number of hydrogen-bond donors (Lipinski definition) is 0. The van der Waals surface area contributed by atoms with Crippen molar-refractivity contribution >= 4 is 65.6 Å². The monoisotopic (exact) mass is 634 g/mol. The predicted molar refractivity (Wildman–Crippen MR) is 211 cm³/mol. The van der Waals surface area contributed by atoms with Gasteiger partial charge >= 0.3 is 0 Å². The van der Waals surface area contributed by atoms with Crippen LogP contribution < -0.4 is 0 Å². The molecule has 0 unspecified atom stereocenters. The SMILES string of the molecule is CC.CC.c1ccc(-c2ccc3c(c2)c2c4oc5c(ccc6c5c5ccccc5n6-c5ccccc5)c4ccc2n3-c2ccccc2)cc1. The zero-order valence-corrected chi connectivity index (χ0v) is 28.3. The minimum absolute atomic E-state index is 0.927. The van der Waals surface area contributed by atoms with Crippen LogP contribution in [0.3, 0.4) is 0 Å². The lowest BCUT2D eigenvalue weighted by Gasteiger charge is -2.08. The Bertz CT molecular complexity index is 2730. The highest BCUT2D eigenvalue weighted by molar-refractivity contribution is 6.29. The Morgan fingerprint density at radius 1 is 0.347 bits per heavy atom. The Morgan fingerprint density at radius 2 is 0.796 bits per heavy atom. The maximum absolute atomic E-state index is 7.11. The molecular formula is C46H38N2O. The minimum Gasteiger partial charge on any atom is -0.455 e. The largest absolute Gasteiger partial charge is 0.455 e. The molecule has 0 aliphatic heterocycles. The summed E-state index contributed by atoms with van der Waals surface area (Å²) in [4.78, 5) is 0. The maximum Gasteiger partial charge on any atom is 0.145 e. The Kier molecular flexibility index (Phi) is 7.74. The van der Waals surface area contributed by atoms with Crippen LogP contribution in [0.4, 0.5) is 0 Å². The number of benzene rings is 7. The van der Waals surface area contributed by atoms with Gasteiger partial charge in [-0.2, -0.15) is 0 Å². The Balaban J connectivity index is 0.000000843. The van der Waals surface area contributed by atoms with Crippen molar-refractivity contribution in [3.8, 4) is 22.5 Å². The molecule has 0 saturated heterocycles. The quantitative estimate of drug-likeness (QED) is 0.190. The van der Waals surface area contributed by atoms with Gasteiger partial charge in [-0.3, -0.25) is 0 Å². The van der Waals surface area contributed by atoms with E-state index in [1.807, 2.05) is 27.7 Å². The normalized spacial score (nSPS) is 11.3. The fourth-order valence-corrected chi connectivity index (χ4v) is 7.37. The molecule has 0 aliphatic rings. The second kappa shape index (κ2) is 12.5. The van der Waals surface area contributed by atoms with Crippen molar-refractivity contribution in [3.05, 3.63) is 158 Å². The van der Waals surface area contributed by atoms with E-state index in [0.29, 0.717) is 0 Å². The molecular weight excluding hydrogens is 597 g/mol. The van der Waals surface area contributed by atoms with E-state index < -0.39 is 0 Å². The Hall–Kier alpha value is -6.06. The van der Waals surface area contributed by atoms with Crippen molar-refractivity contribution in [3.63, 3.8) is 0 Å². The standard InChI is InChI=1S/C42H26N2O.2C2H6/c1-4-12-27(13-5-1)28-20-23-36-34(26-28)40-38(44(36)30-16-8-3-9-17-30)25-22-32-31-21-24-37-39(41(31)45-42(32)40)33-18-10-11-19-35(33)43(37)29-14-6-2-7-15-29;2*1-2/h1-26H;2*1-2H3. The fraction of sp³-hybridized carbons (Fsp3) is 0.0870. The second-order valence-electron chi connectivity index (χ2n) is 11.7. The second-order valence-corrected chi connectivity index (χ2v) is 11.7. The molecule has 0 fully saturated rings. The highest BCUT2D eigenvalue weighted by atomic mass is 16.3. The summed E-state index contributed by atoms with van der Waals surface area (Å²) >= 11 is 0. The van der Waals surface area contributed by atoms with Crippen LogP contribution in [0.5, 0.6) is 0 Å². The van der Waals surface area contributed by atoms with E-state index in [0.717, 1.165) is 60.6 Å². The third kappa shape index (κ3) is 4.65. The van der Waals surface area contributed by atoms with Gasteiger partial charge in [-0.1, -0.05) is 119 Å². The van der Waals surface area contributed by atoms with Gasteiger partial charge in [0.1, 0.15) is 11.2 Å². The zero-order valence-electron chi connectivity index (χ0n) is 28.3. The molecule has 0 radical (unpaired) electrons. The molecule has 0 atom stereocenters. The summed E-state index contributed by atoms with van der Waals surface area (Å²) in [6.07, 6.45) is 0. The number of aromatic nitrogens is 2. The molecule has 238 valence electrons. The van der Waals surface area contributed by atoms with Crippen molar-refractivity contribution in [1.82, 2.24) is 9.13 Å². The van der Waals surface area contributed by atoms with Crippen LogP contribution in [0.2, 0.25) is 0 Å². The van der Waals surface area contributed by atoms with Crippen molar-refractivity contribution in [1.29, 1.82) is 0 Å².